The van der Waals surface area contributed by atoms with Gasteiger partial charge in [-0.25, -0.2) is 0 Å². The second kappa shape index (κ2) is 6.43. The molecule has 0 aliphatic carbocycles. The van der Waals surface area contributed by atoms with Gasteiger partial charge in [-0.1, -0.05) is 24.3 Å². The number of carbonyl (C=O) groups is 1. The lowest BCUT2D eigenvalue weighted by molar-refractivity contribution is -0.137. The average molecular weight is 304 g/mol. The van der Waals surface area contributed by atoms with E-state index in [9.17, 15) is 4.79 Å². The molecule has 0 aromatic heterocycles. The van der Waals surface area contributed by atoms with Crippen LogP contribution in [0, 0.1) is 0 Å². The van der Waals surface area contributed by atoms with Crippen molar-refractivity contribution >= 4 is 18.6 Å². The van der Waals surface area contributed by atoms with Crippen LogP contribution in [0.15, 0.2) is 24.3 Å². The molecule has 1 heterocycles. The maximum atomic E-state index is 10.6. The van der Waals surface area contributed by atoms with Crippen LogP contribution in [0.5, 0.6) is 0 Å². The molecule has 22 heavy (non-hydrogen) atoms. The summed E-state index contributed by atoms with van der Waals surface area (Å²) in [6, 6.07) is 8.10. The maximum Gasteiger partial charge on any atom is 0.495 e. The fourth-order valence-electron chi connectivity index (χ4n) is 2.55. The fourth-order valence-corrected chi connectivity index (χ4v) is 2.55. The Kier molecular flexibility index (Phi) is 4.98. The highest BCUT2D eigenvalue weighted by atomic mass is 16.7. The Morgan fingerprint density at radius 1 is 1.09 bits per heavy atom. The number of hydrogen-bond donors (Lipinski definition) is 1. The first-order valence-corrected chi connectivity index (χ1v) is 7.88. The van der Waals surface area contributed by atoms with E-state index in [0.717, 1.165) is 18.3 Å². The van der Waals surface area contributed by atoms with Crippen LogP contribution in [0.1, 0.15) is 52.5 Å². The second-order valence-corrected chi connectivity index (χ2v) is 6.89. The van der Waals surface area contributed by atoms with Crippen molar-refractivity contribution in [2.45, 2.75) is 64.6 Å². The molecular formula is C17H25BO4. The summed E-state index contributed by atoms with van der Waals surface area (Å²) in [4.78, 5) is 10.6. The predicted octanol–water partition coefficient (Wildman–Crippen LogP) is 2.78. The number of carboxylic acids is 1. The first kappa shape index (κ1) is 17.0. The van der Waals surface area contributed by atoms with Crippen LogP contribution in [0.25, 0.3) is 0 Å². The molecule has 1 fully saturated rings. The molecular weight excluding hydrogens is 279 g/mol. The van der Waals surface area contributed by atoms with Crippen molar-refractivity contribution in [3.8, 4) is 0 Å². The lowest BCUT2D eigenvalue weighted by Crippen LogP contribution is -2.41. The molecule has 0 saturated carbocycles. The van der Waals surface area contributed by atoms with Crippen molar-refractivity contribution in [2.75, 3.05) is 0 Å². The van der Waals surface area contributed by atoms with Gasteiger partial charge in [-0.3, -0.25) is 4.79 Å². The number of aryl methyl sites for hydroxylation is 1. The van der Waals surface area contributed by atoms with E-state index in [4.69, 9.17) is 14.4 Å². The third-order valence-electron chi connectivity index (χ3n) is 4.65. The molecule has 0 radical (unpaired) electrons. The van der Waals surface area contributed by atoms with Crippen LogP contribution >= 0.6 is 0 Å². The molecule has 1 aromatic rings. The summed E-state index contributed by atoms with van der Waals surface area (Å²) in [5, 5.41) is 8.71. The van der Waals surface area contributed by atoms with E-state index in [-0.39, 0.29) is 24.7 Å². The molecule has 4 nitrogen and oxygen atoms in total. The Hall–Kier alpha value is -1.33. The summed E-state index contributed by atoms with van der Waals surface area (Å²) in [5.41, 5.74) is 1.52. The maximum absolute atomic E-state index is 10.6. The van der Waals surface area contributed by atoms with Crippen LogP contribution in [-0.2, 0) is 20.5 Å². The van der Waals surface area contributed by atoms with Gasteiger partial charge in [0.1, 0.15) is 0 Å². The SMILES string of the molecule is CC1(C)OB(c2ccccc2CCCCC(=O)O)OC1(C)C. The molecule has 0 unspecified atom stereocenters. The molecule has 0 atom stereocenters. The quantitative estimate of drug-likeness (QED) is 0.648. The van der Waals surface area contributed by atoms with E-state index in [2.05, 4.69) is 6.07 Å². The summed E-state index contributed by atoms with van der Waals surface area (Å²) in [6.07, 6.45) is 2.60. The smallest absolute Gasteiger partial charge is 0.481 e. The first-order chi connectivity index (χ1) is 10.2. The topological polar surface area (TPSA) is 55.8 Å². The zero-order valence-electron chi connectivity index (χ0n) is 13.9. The van der Waals surface area contributed by atoms with Crippen molar-refractivity contribution < 1.29 is 19.2 Å². The normalized spacial score (nSPS) is 19.4. The van der Waals surface area contributed by atoms with Gasteiger partial charge in [-0.05, 0) is 58.0 Å². The zero-order chi connectivity index (χ0) is 16.4. The fraction of sp³-hybridized carbons (Fsp3) is 0.588. The molecule has 0 bridgehead atoms. The Bertz CT molecular complexity index is 523. The molecule has 0 amide bonds. The van der Waals surface area contributed by atoms with Crippen LogP contribution in [0.3, 0.4) is 0 Å². The molecule has 1 aromatic carbocycles. The van der Waals surface area contributed by atoms with Crippen molar-refractivity contribution in [3.05, 3.63) is 29.8 Å². The minimum atomic E-state index is -0.737. The van der Waals surface area contributed by atoms with Crippen LogP contribution in [0.4, 0.5) is 0 Å². The van der Waals surface area contributed by atoms with Crippen molar-refractivity contribution in [3.63, 3.8) is 0 Å². The molecule has 5 heteroatoms. The van der Waals surface area contributed by atoms with Gasteiger partial charge in [0.25, 0.3) is 0 Å². The van der Waals surface area contributed by atoms with Crippen LogP contribution < -0.4 is 5.46 Å². The van der Waals surface area contributed by atoms with Gasteiger partial charge in [0.15, 0.2) is 0 Å². The summed E-state index contributed by atoms with van der Waals surface area (Å²) in [6.45, 7) is 8.18. The molecule has 1 saturated heterocycles. The van der Waals surface area contributed by atoms with Gasteiger partial charge < -0.3 is 14.4 Å². The van der Waals surface area contributed by atoms with Crippen molar-refractivity contribution in [2.24, 2.45) is 0 Å². The molecule has 0 spiro atoms. The van der Waals surface area contributed by atoms with E-state index in [0.29, 0.717) is 6.42 Å². The number of rotatable bonds is 6. The number of carboxylic acid groups (broad SMARTS) is 1. The minimum Gasteiger partial charge on any atom is -0.481 e. The lowest BCUT2D eigenvalue weighted by atomic mass is 9.75. The first-order valence-electron chi connectivity index (χ1n) is 7.88. The molecule has 1 N–H and O–H groups in total. The third-order valence-corrected chi connectivity index (χ3v) is 4.65. The van der Waals surface area contributed by atoms with Gasteiger partial charge in [-0.2, -0.15) is 0 Å². The molecule has 1 aliphatic rings. The monoisotopic (exact) mass is 304 g/mol. The zero-order valence-corrected chi connectivity index (χ0v) is 13.9. The standard InChI is InChI=1S/C17H25BO4/c1-16(2)17(3,4)22-18(21-16)14-11-7-5-9-13(14)10-6-8-12-15(19)20/h5,7,9,11H,6,8,10,12H2,1-4H3,(H,19,20). The minimum absolute atomic E-state index is 0.221. The van der Waals surface area contributed by atoms with Crippen molar-refractivity contribution in [1.29, 1.82) is 0 Å². The van der Waals surface area contributed by atoms with Gasteiger partial charge in [-0.15, -0.1) is 0 Å². The van der Waals surface area contributed by atoms with Gasteiger partial charge in [0.2, 0.25) is 0 Å². The number of aliphatic carboxylic acids is 1. The van der Waals surface area contributed by atoms with E-state index in [1.807, 2.05) is 45.9 Å². The highest BCUT2D eigenvalue weighted by Gasteiger charge is 2.52. The Labute approximate surface area is 133 Å². The predicted molar refractivity (Wildman–Crippen MR) is 87.3 cm³/mol. The van der Waals surface area contributed by atoms with Crippen LogP contribution in [0.2, 0.25) is 0 Å². The summed E-state index contributed by atoms with van der Waals surface area (Å²) in [5.74, 6) is -0.737. The van der Waals surface area contributed by atoms with Gasteiger partial charge in [0.05, 0.1) is 11.2 Å². The second-order valence-electron chi connectivity index (χ2n) is 6.89. The average Bonchev–Trinajstić information content (AvgIpc) is 2.64. The summed E-state index contributed by atoms with van der Waals surface area (Å²) in [7, 11) is -0.360. The number of hydrogen-bond acceptors (Lipinski definition) is 3. The molecule has 2 rings (SSSR count). The highest BCUT2D eigenvalue weighted by molar-refractivity contribution is 6.62. The highest BCUT2D eigenvalue weighted by Crippen LogP contribution is 2.36. The van der Waals surface area contributed by atoms with E-state index < -0.39 is 5.97 Å². The van der Waals surface area contributed by atoms with E-state index >= 15 is 0 Å². The third kappa shape index (κ3) is 3.71. The summed E-state index contributed by atoms with van der Waals surface area (Å²) >= 11 is 0. The van der Waals surface area contributed by atoms with Gasteiger partial charge >= 0.3 is 13.1 Å². The van der Waals surface area contributed by atoms with E-state index in [1.54, 1.807) is 0 Å². The lowest BCUT2D eigenvalue weighted by Gasteiger charge is -2.32. The van der Waals surface area contributed by atoms with E-state index in [1.165, 1.54) is 5.56 Å². The molecule has 1 aliphatic heterocycles. The van der Waals surface area contributed by atoms with Crippen molar-refractivity contribution in [1.82, 2.24) is 0 Å². The molecule has 120 valence electrons. The Morgan fingerprint density at radius 3 is 2.27 bits per heavy atom. The van der Waals surface area contributed by atoms with Gasteiger partial charge in [0, 0.05) is 6.42 Å². The number of benzene rings is 1. The Balaban J connectivity index is 2.08. The van der Waals surface area contributed by atoms with Crippen LogP contribution in [-0.4, -0.2) is 29.4 Å². The number of unbranched alkanes of at least 4 members (excludes halogenated alkanes) is 1. The summed E-state index contributed by atoms with van der Waals surface area (Å²) < 4.78 is 12.2. The largest absolute Gasteiger partial charge is 0.495 e. The Morgan fingerprint density at radius 2 is 1.68 bits per heavy atom.